The van der Waals surface area contributed by atoms with Crippen LogP contribution in [0.2, 0.25) is 0 Å². The van der Waals surface area contributed by atoms with Crippen LogP contribution >= 0.6 is 0 Å². The SMILES string of the molecule is CC1CCCCN1Cc1ccc(C(=O)N2CCCC2C(=O)O)o1. The smallest absolute Gasteiger partial charge is 0.326 e. The first-order chi connectivity index (χ1) is 11.1. The summed E-state index contributed by atoms with van der Waals surface area (Å²) in [6, 6.07) is 3.31. The van der Waals surface area contributed by atoms with Crippen LogP contribution < -0.4 is 0 Å². The number of hydrogen-bond donors (Lipinski definition) is 1. The van der Waals surface area contributed by atoms with Gasteiger partial charge in [0.1, 0.15) is 11.8 Å². The number of hydrogen-bond acceptors (Lipinski definition) is 4. The van der Waals surface area contributed by atoms with Gasteiger partial charge in [0, 0.05) is 12.6 Å². The number of amides is 1. The lowest BCUT2D eigenvalue weighted by Gasteiger charge is -2.32. The maximum absolute atomic E-state index is 12.5. The van der Waals surface area contributed by atoms with E-state index in [9.17, 15) is 14.7 Å². The van der Waals surface area contributed by atoms with Crippen molar-refractivity contribution in [2.45, 2.75) is 57.7 Å². The first-order valence-corrected chi connectivity index (χ1v) is 8.43. The minimum absolute atomic E-state index is 0.248. The molecule has 2 aliphatic heterocycles. The number of carbonyl (C=O) groups excluding carboxylic acids is 1. The highest BCUT2D eigenvalue weighted by molar-refractivity contribution is 5.94. The summed E-state index contributed by atoms with van der Waals surface area (Å²) < 4.78 is 5.71. The Kier molecular flexibility index (Phi) is 4.71. The summed E-state index contributed by atoms with van der Waals surface area (Å²) in [6.07, 6.45) is 4.90. The van der Waals surface area contributed by atoms with E-state index in [0.29, 0.717) is 25.6 Å². The fourth-order valence-electron chi connectivity index (χ4n) is 3.58. The molecule has 0 spiro atoms. The molecule has 1 aromatic rings. The molecule has 2 atom stereocenters. The third-order valence-electron chi connectivity index (χ3n) is 4.97. The fourth-order valence-corrected chi connectivity index (χ4v) is 3.58. The number of carbonyl (C=O) groups is 2. The summed E-state index contributed by atoms with van der Waals surface area (Å²) in [5.74, 6) is -0.233. The summed E-state index contributed by atoms with van der Waals surface area (Å²) in [6.45, 7) is 4.46. The van der Waals surface area contributed by atoms with E-state index >= 15 is 0 Å². The maximum Gasteiger partial charge on any atom is 0.326 e. The van der Waals surface area contributed by atoms with Crippen LogP contribution in [0.1, 0.15) is 55.3 Å². The lowest BCUT2D eigenvalue weighted by Crippen LogP contribution is -2.40. The molecule has 1 amide bonds. The molecular weight excluding hydrogens is 296 g/mol. The highest BCUT2D eigenvalue weighted by Gasteiger charge is 2.35. The molecule has 2 aliphatic rings. The normalized spacial score (nSPS) is 25.7. The summed E-state index contributed by atoms with van der Waals surface area (Å²) in [5, 5.41) is 9.20. The van der Waals surface area contributed by atoms with Crippen molar-refractivity contribution < 1.29 is 19.1 Å². The maximum atomic E-state index is 12.5. The van der Waals surface area contributed by atoms with Crippen LogP contribution in [0.3, 0.4) is 0 Å². The molecule has 0 bridgehead atoms. The number of nitrogens with zero attached hydrogens (tertiary/aromatic N) is 2. The monoisotopic (exact) mass is 320 g/mol. The molecule has 2 saturated heterocycles. The van der Waals surface area contributed by atoms with Gasteiger partial charge in [-0.2, -0.15) is 0 Å². The Morgan fingerprint density at radius 1 is 1.22 bits per heavy atom. The molecule has 6 nitrogen and oxygen atoms in total. The third-order valence-corrected chi connectivity index (χ3v) is 4.97. The summed E-state index contributed by atoms with van der Waals surface area (Å²) in [7, 11) is 0. The Bertz CT molecular complexity index is 583. The number of furan rings is 1. The molecule has 3 heterocycles. The van der Waals surface area contributed by atoms with Crippen LogP contribution in [0.5, 0.6) is 0 Å². The van der Waals surface area contributed by atoms with E-state index in [-0.39, 0.29) is 11.7 Å². The van der Waals surface area contributed by atoms with Crippen molar-refractivity contribution in [3.63, 3.8) is 0 Å². The number of rotatable bonds is 4. The lowest BCUT2D eigenvalue weighted by atomic mass is 10.0. The molecule has 6 heteroatoms. The van der Waals surface area contributed by atoms with Gasteiger partial charge in [0.25, 0.3) is 5.91 Å². The van der Waals surface area contributed by atoms with Gasteiger partial charge in [0.2, 0.25) is 0 Å². The van der Waals surface area contributed by atoms with Crippen LogP contribution in [0.15, 0.2) is 16.5 Å². The van der Waals surface area contributed by atoms with Crippen molar-refractivity contribution in [3.05, 3.63) is 23.7 Å². The predicted octanol–water partition coefficient (Wildman–Crippen LogP) is 2.34. The van der Waals surface area contributed by atoms with E-state index in [1.807, 2.05) is 6.07 Å². The summed E-state index contributed by atoms with van der Waals surface area (Å²) >= 11 is 0. The highest BCUT2D eigenvalue weighted by atomic mass is 16.4. The Morgan fingerprint density at radius 2 is 2.04 bits per heavy atom. The van der Waals surface area contributed by atoms with E-state index in [1.165, 1.54) is 24.2 Å². The molecule has 23 heavy (non-hydrogen) atoms. The molecule has 0 radical (unpaired) electrons. The van der Waals surface area contributed by atoms with E-state index in [2.05, 4.69) is 11.8 Å². The molecule has 0 aliphatic carbocycles. The van der Waals surface area contributed by atoms with Gasteiger partial charge in [-0.05, 0) is 51.3 Å². The van der Waals surface area contributed by atoms with Gasteiger partial charge in [-0.1, -0.05) is 6.42 Å². The number of likely N-dealkylation sites (tertiary alicyclic amines) is 2. The van der Waals surface area contributed by atoms with Crippen molar-refractivity contribution in [2.75, 3.05) is 13.1 Å². The van der Waals surface area contributed by atoms with Gasteiger partial charge in [0.15, 0.2) is 5.76 Å². The van der Waals surface area contributed by atoms with Crippen LogP contribution in [0.25, 0.3) is 0 Å². The van der Waals surface area contributed by atoms with E-state index in [0.717, 1.165) is 18.7 Å². The molecule has 2 fully saturated rings. The molecule has 1 N–H and O–H groups in total. The third kappa shape index (κ3) is 3.42. The summed E-state index contributed by atoms with van der Waals surface area (Å²) in [4.78, 5) is 27.5. The second kappa shape index (κ2) is 6.74. The number of aliphatic carboxylic acids is 1. The molecule has 1 aromatic heterocycles. The molecule has 0 saturated carbocycles. The standard InChI is InChI=1S/C17H24N2O4/c1-12-5-2-3-9-18(12)11-13-7-8-15(23-13)16(20)19-10-4-6-14(19)17(21)22/h7-8,12,14H,2-6,9-11H2,1H3,(H,21,22). The second-order valence-corrected chi connectivity index (χ2v) is 6.58. The van der Waals surface area contributed by atoms with Crippen LogP contribution in [0, 0.1) is 0 Å². The molecule has 0 aromatic carbocycles. The van der Waals surface area contributed by atoms with E-state index in [4.69, 9.17) is 4.42 Å². The van der Waals surface area contributed by atoms with E-state index < -0.39 is 12.0 Å². The van der Waals surface area contributed by atoms with Gasteiger partial charge < -0.3 is 14.4 Å². The van der Waals surface area contributed by atoms with Crippen molar-refractivity contribution in [1.82, 2.24) is 9.80 Å². The van der Waals surface area contributed by atoms with Crippen molar-refractivity contribution >= 4 is 11.9 Å². The van der Waals surface area contributed by atoms with Crippen LogP contribution in [-0.2, 0) is 11.3 Å². The van der Waals surface area contributed by atoms with Crippen LogP contribution in [-0.4, -0.2) is 52.0 Å². The van der Waals surface area contributed by atoms with E-state index in [1.54, 1.807) is 6.07 Å². The Balaban J connectivity index is 1.66. The molecular formula is C17H24N2O4. The lowest BCUT2D eigenvalue weighted by molar-refractivity contribution is -0.141. The number of carboxylic acids is 1. The first kappa shape index (κ1) is 16.1. The zero-order chi connectivity index (χ0) is 16.4. The van der Waals surface area contributed by atoms with Crippen molar-refractivity contribution in [2.24, 2.45) is 0 Å². The first-order valence-electron chi connectivity index (χ1n) is 8.43. The average molecular weight is 320 g/mol. The van der Waals surface area contributed by atoms with Gasteiger partial charge in [-0.25, -0.2) is 4.79 Å². The van der Waals surface area contributed by atoms with Gasteiger partial charge >= 0.3 is 5.97 Å². The predicted molar refractivity (Wildman–Crippen MR) is 84.1 cm³/mol. The number of carboxylic acid groups (broad SMARTS) is 1. The quantitative estimate of drug-likeness (QED) is 0.922. The number of piperidine rings is 1. The van der Waals surface area contributed by atoms with Crippen molar-refractivity contribution in [3.8, 4) is 0 Å². The Hall–Kier alpha value is -1.82. The Morgan fingerprint density at radius 3 is 2.78 bits per heavy atom. The molecule has 2 unspecified atom stereocenters. The summed E-state index contributed by atoms with van der Waals surface area (Å²) in [5.41, 5.74) is 0. The average Bonchev–Trinajstić information content (AvgIpc) is 3.18. The largest absolute Gasteiger partial charge is 0.480 e. The van der Waals surface area contributed by atoms with Gasteiger partial charge in [-0.3, -0.25) is 9.69 Å². The minimum Gasteiger partial charge on any atom is -0.480 e. The zero-order valence-corrected chi connectivity index (χ0v) is 13.5. The second-order valence-electron chi connectivity index (χ2n) is 6.58. The molecule has 3 rings (SSSR count). The van der Waals surface area contributed by atoms with Crippen molar-refractivity contribution in [1.29, 1.82) is 0 Å². The zero-order valence-electron chi connectivity index (χ0n) is 13.5. The Labute approximate surface area is 136 Å². The fraction of sp³-hybridized carbons (Fsp3) is 0.647. The molecule has 126 valence electrons. The topological polar surface area (TPSA) is 74.0 Å². The van der Waals surface area contributed by atoms with Gasteiger partial charge in [-0.15, -0.1) is 0 Å². The highest BCUT2D eigenvalue weighted by Crippen LogP contribution is 2.23. The van der Waals surface area contributed by atoms with Gasteiger partial charge in [0.05, 0.1) is 6.54 Å². The van der Waals surface area contributed by atoms with Crippen LogP contribution in [0.4, 0.5) is 0 Å². The minimum atomic E-state index is -0.940.